The second kappa shape index (κ2) is 4.80. The van der Waals surface area contributed by atoms with Crippen LogP contribution < -0.4 is 10.1 Å². The van der Waals surface area contributed by atoms with E-state index >= 15 is 0 Å². The van der Waals surface area contributed by atoms with Gasteiger partial charge in [-0.2, -0.15) is 0 Å². The molecule has 2 aliphatic heterocycles. The zero-order valence-corrected chi connectivity index (χ0v) is 11.3. The first-order valence-electron chi connectivity index (χ1n) is 7.58. The quantitative estimate of drug-likeness (QED) is 0.895. The number of nitrogens with one attached hydrogen (secondary N) is 1. The minimum atomic E-state index is 0.565. The van der Waals surface area contributed by atoms with Crippen molar-refractivity contribution in [3.8, 4) is 5.75 Å². The van der Waals surface area contributed by atoms with Crippen LogP contribution in [0.1, 0.15) is 24.3 Å². The summed E-state index contributed by atoms with van der Waals surface area (Å²) >= 11 is 0. The van der Waals surface area contributed by atoms with Crippen molar-refractivity contribution in [2.24, 2.45) is 5.92 Å². The summed E-state index contributed by atoms with van der Waals surface area (Å²) in [4.78, 5) is 2.71. The molecule has 19 heavy (non-hydrogen) atoms. The summed E-state index contributed by atoms with van der Waals surface area (Å²) in [5, 5.41) is 3.56. The van der Waals surface area contributed by atoms with Gasteiger partial charge in [0.1, 0.15) is 5.75 Å². The van der Waals surface area contributed by atoms with Crippen LogP contribution in [0, 0.1) is 5.92 Å². The molecular weight excluding hydrogens is 236 g/mol. The third-order valence-corrected chi connectivity index (χ3v) is 4.82. The zero-order chi connectivity index (χ0) is 12.7. The largest absolute Gasteiger partial charge is 0.493 e. The van der Waals surface area contributed by atoms with E-state index < -0.39 is 0 Å². The molecule has 1 aliphatic carbocycles. The van der Waals surface area contributed by atoms with E-state index in [1.54, 1.807) is 0 Å². The summed E-state index contributed by atoms with van der Waals surface area (Å²) in [6.07, 6.45) is 2.86. The zero-order valence-electron chi connectivity index (χ0n) is 11.3. The summed E-state index contributed by atoms with van der Waals surface area (Å²) in [7, 11) is 0. The summed E-state index contributed by atoms with van der Waals surface area (Å²) in [5.41, 5.74) is 1.41. The average Bonchev–Trinajstić information content (AvgIpc) is 3.22. The highest BCUT2D eigenvalue weighted by Gasteiger charge is 2.38. The Bertz CT molecular complexity index is 458. The van der Waals surface area contributed by atoms with Gasteiger partial charge in [0.05, 0.1) is 6.61 Å². The van der Waals surface area contributed by atoms with Crippen LogP contribution in [0.3, 0.4) is 0 Å². The Morgan fingerprint density at radius 3 is 3.05 bits per heavy atom. The normalized spacial score (nSPS) is 30.9. The van der Waals surface area contributed by atoms with Crippen molar-refractivity contribution in [1.82, 2.24) is 10.2 Å². The van der Waals surface area contributed by atoms with Crippen LogP contribution in [0.4, 0.5) is 0 Å². The predicted octanol–water partition coefficient (Wildman–Crippen LogP) is 1.85. The van der Waals surface area contributed by atoms with Crippen molar-refractivity contribution in [3.63, 3.8) is 0 Å². The van der Waals surface area contributed by atoms with Crippen molar-refractivity contribution in [1.29, 1.82) is 0 Å². The van der Waals surface area contributed by atoms with Crippen LogP contribution >= 0.6 is 0 Å². The third kappa shape index (κ3) is 2.26. The molecule has 0 bridgehead atoms. The Labute approximate surface area is 114 Å². The second-order valence-corrected chi connectivity index (χ2v) is 6.15. The molecule has 0 aromatic heterocycles. The molecule has 1 saturated carbocycles. The molecule has 1 saturated heterocycles. The number of para-hydroxylation sites is 1. The monoisotopic (exact) mass is 258 g/mol. The Morgan fingerprint density at radius 1 is 1.26 bits per heavy atom. The highest BCUT2D eigenvalue weighted by atomic mass is 16.5. The third-order valence-electron chi connectivity index (χ3n) is 4.82. The van der Waals surface area contributed by atoms with Crippen molar-refractivity contribution in [2.45, 2.75) is 24.8 Å². The van der Waals surface area contributed by atoms with Gasteiger partial charge in [0.25, 0.3) is 0 Å². The highest BCUT2D eigenvalue weighted by molar-refractivity contribution is 5.39. The first-order valence-corrected chi connectivity index (χ1v) is 7.58. The molecule has 4 rings (SSSR count). The van der Waals surface area contributed by atoms with Crippen molar-refractivity contribution in [3.05, 3.63) is 29.8 Å². The van der Waals surface area contributed by atoms with Gasteiger partial charge >= 0.3 is 0 Å². The van der Waals surface area contributed by atoms with Crippen molar-refractivity contribution >= 4 is 0 Å². The lowest BCUT2D eigenvalue weighted by Gasteiger charge is -2.37. The van der Waals surface area contributed by atoms with E-state index in [4.69, 9.17) is 4.74 Å². The highest BCUT2D eigenvalue weighted by Crippen LogP contribution is 2.38. The standard InChI is InChI=1S/C16H22N2O/c1-2-4-16-14(3-1)13(11-19-16)10-18-8-7-17-9-15(18)12-5-6-12/h1-4,12-13,15,17H,5-11H2. The lowest BCUT2D eigenvalue weighted by Crippen LogP contribution is -2.53. The van der Waals surface area contributed by atoms with Crippen LogP contribution in [0.2, 0.25) is 0 Å². The molecular formula is C16H22N2O. The van der Waals surface area contributed by atoms with Gasteiger partial charge < -0.3 is 10.1 Å². The minimum absolute atomic E-state index is 0.565. The molecule has 1 aromatic carbocycles. The van der Waals surface area contributed by atoms with E-state index in [0.717, 1.165) is 30.9 Å². The van der Waals surface area contributed by atoms with Crippen LogP contribution in [-0.2, 0) is 0 Å². The van der Waals surface area contributed by atoms with Gasteiger partial charge in [-0.05, 0) is 24.8 Å². The van der Waals surface area contributed by atoms with Gasteiger partial charge in [0.2, 0.25) is 0 Å². The molecule has 2 heterocycles. The van der Waals surface area contributed by atoms with E-state index in [2.05, 4.69) is 34.5 Å². The smallest absolute Gasteiger partial charge is 0.122 e. The maximum Gasteiger partial charge on any atom is 0.122 e. The fourth-order valence-corrected chi connectivity index (χ4v) is 3.60. The van der Waals surface area contributed by atoms with Crippen molar-refractivity contribution in [2.75, 3.05) is 32.8 Å². The SMILES string of the molecule is c1ccc2c(c1)OCC2CN1CCNCC1C1CC1. The lowest BCUT2D eigenvalue weighted by molar-refractivity contribution is 0.129. The summed E-state index contributed by atoms with van der Waals surface area (Å²) in [6.45, 7) is 5.54. The maximum absolute atomic E-state index is 5.82. The molecule has 102 valence electrons. The number of hydrogen-bond donors (Lipinski definition) is 1. The molecule has 2 unspecified atom stereocenters. The summed E-state index contributed by atoms with van der Waals surface area (Å²) in [5.74, 6) is 2.62. The van der Waals surface area contributed by atoms with Crippen molar-refractivity contribution < 1.29 is 4.74 Å². The van der Waals surface area contributed by atoms with Gasteiger partial charge in [-0.15, -0.1) is 0 Å². The number of nitrogens with zero attached hydrogens (tertiary/aromatic N) is 1. The summed E-state index contributed by atoms with van der Waals surface area (Å²) in [6, 6.07) is 9.31. The molecule has 0 spiro atoms. The first kappa shape index (κ1) is 11.7. The molecule has 2 fully saturated rings. The van der Waals surface area contributed by atoms with Crippen LogP contribution in [-0.4, -0.2) is 43.7 Å². The van der Waals surface area contributed by atoms with E-state index in [0.29, 0.717) is 5.92 Å². The van der Waals surface area contributed by atoms with Gasteiger partial charge in [0, 0.05) is 43.7 Å². The Morgan fingerprint density at radius 2 is 2.16 bits per heavy atom. The molecule has 0 radical (unpaired) electrons. The number of hydrogen-bond acceptors (Lipinski definition) is 3. The van der Waals surface area contributed by atoms with Gasteiger partial charge in [-0.3, -0.25) is 4.90 Å². The van der Waals surface area contributed by atoms with E-state index in [1.807, 2.05) is 0 Å². The van der Waals surface area contributed by atoms with Gasteiger partial charge in [0.15, 0.2) is 0 Å². The molecule has 2 atom stereocenters. The molecule has 3 nitrogen and oxygen atoms in total. The lowest BCUT2D eigenvalue weighted by atomic mass is 9.98. The topological polar surface area (TPSA) is 24.5 Å². The van der Waals surface area contributed by atoms with Gasteiger partial charge in [-0.25, -0.2) is 0 Å². The first-order chi connectivity index (χ1) is 9.42. The fraction of sp³-hybridized carbons (Fsp3) is 0.625. The molecule has 1 aromatic rings. The minimum Gasteiger partial charge on any atom is -0.493 e. The Kier molecular flexibility index (Phi) is 2.97. The predicted molar refractivity (Wildman–Crippen MR) is 75.6 cm³/mol. The number of rotatable bonds is 3. The van der Waals surface area contributed by atoms with Crippen LogP contribution in [0.15, 0.2) is 24.3 Å². The number of fused-ring (bicyclic) bond motifs is 1. The number of benzene rings is 1. The number of ether oxygens (including phenoxy) is 1. The van der Waals surface area contributed by atoms with Crippen LogP contribution in [0.25, 0.3) is 0 Å². The molecule has 1 N–H and O–H groups in total. The average molecular weight is 258 g/mol. The molecule has 3 heteroatoms. The maximum atomic E-state index is 5.82. The molecule has 0 amide bonds. The summed E-state index contributed by atoms with van der Waals surface area (Å²) < 4.78 is 5.82. The second-order valence-electron chi connectivity index (χ2n) is 6.15. The van der Waals surface area contributed by atoms with E-state index in [1.165, 1.54) is 38.0 Å². The number of piperazine rings is 1. The van der Waals surface area contributed by atoms with Gasteiger partial charge in [-0.1, -0.05) is 18.2 Å². The van der Waals surface area contributed by atoms with E-state index in [-0.39, 0.29) is 0 Å². The fourth-order valence-electron chi connectivity index (χ4n) is 3.60. The Balaban J connectivity index is 1.48. The van der Waals surface area contributed by atoms with Crippen LogP contribution in [0.5, 0.6) is 5.75 Å². The molecule has 3 aliphatic rings. The Hall–Kier alpha value is -1.06. The van der Waals surface area contributed by atoms with E-state index in [9.17, 15) is 0 Å².